The molecule has 0 radical (unpaired) electrons. The van der Waals surface area contributed by atoms with Gasteiger partial charge in [0.05, 0.1) is 7.05 Å². The monoisotopic (exact) mass is 416 g/mol. The Labute approximate surface area is 168 Å². The number of alkyl halides is 3. The fraction of sp³-hybridized carbons (Fsp3) is 0.600. The summed E-state index contributed by atoms with van der Waals surface area (Å²) in [6, 6.07) is 5.07. The van der Waals surface area contributed by atoms with E-state index in [0.29, 0.717) is 22.4 Å². The smallest absolute Gasteiger partial charge is 0.406 e. The average molecular weight is 416 g/mol. The molecule has 1 aliphatic carbocycles. The first-order chi connectivity index (χ1) is 13.5. The van der Waals surface area contributed by atoms with Crippen molar-refractivity contribution in [3.63, 3.8) is 0 Å². The standard InChI is InChI=1S/C20H28F3N3O3/c1-13-5-4-6-17(14(13)2)25-19(28)12-26(3)11-18(27)24-15-7-9-16(10-8-15)29-20(21,22)23/h7-10,13-14,17H,4-6,11-12H2,1-3H3,(H,24,27)(H,25,28)/p+1/t13-,14-,17-/m1/s1. The van der Waals surface area contributed by atoms with Crippen LogP contribution in [-0.2, 0) is 9.59 Å². The van der Waals surface area contributed by atoms with E-state index in [1.54, 1.807) is 7.05 Å². The van der Waals surface area contributed by atoms with Crippen molar-refractivity contribution in [3.05, 3.63) is 24.3 Å². The van der Waals surface area contributed by atoms with E-state index in [2.05, 4.69) is 29.2 Å². The molecule has 0 spiro atoms. The van der Waals surface area contributed by atoms with Crippen LogP contribution in [-0.4, -0.2) is 44.4 Å². The lowest BCUT2D eigenvalue weighted by Gasteiger charge is -2.34. The second kappa shape index (κ2) is 9.96. The van der Waals surface area contributed by atoms with E-state index in [9.17, 15) is 22.8 Å². The first-order valence-corrected chi connectivity index (χ1v) is 9.80. The van der Waals surface area contributed by atoms with Gasteiger partial charge in [-0.3, -0.25) is 9.59 Å². The average Bonchev–Trinajstić information content (AvgIpc) is 2.59. The summed E-state index contributed by atoms with van der Waals surface area (Å²) >= 11 is 0. The summed E-state index contributed by atoms with van der Waals surface area (Å²) in [5.74, 6) is 0.231. The van der Waals surface area contributed by atoms with Gasteiger partial charge in [0.25, 0.3) is 11.8 Å². The summed E-state index contributed by atoms with van der Waals surface area (Å²) < 4.78 is 40.3. The zero-order valence-corrected chi connectivity index (χ0v) is 16.9. The maximum Gasteiger partial charge on any atom is 0.573 e. The highest BCUT2D eigenvalue weighted by atomic mass is 19.4. The molecule has 6 nitrogen and oxygen atoms in total. The molecule has 1 unspecified atom stereocenters. The van der Waals surface area contributed by atoms with Gasteiger partial charge in [-0.25, -0.2) is 0 Å². The molecule has 1 aliphatic rings. The second-order valence-electron chi connectivity index (χ2n) is 7.87. The van der Waals surface area contributed by atoms with E-state index in [-0.39, 0.29) is 36.7 Å². The quantitative estimate of drug-likeness (QED) is 0.637. The van der Waals surface area contributed by atoms with E-state index in [1.165, 1.54) is 18.6 Å². The molecule has 0 bridgehead atoms. The van der Waals surface area contributed by atoms with Gasteiger partial charge in [0, 0.05) is 11.7 Å². The van der Waals surface area contributed by atoms with Crippen molar-refractivity contribution >= 4 is 17.5 Å². The summed E-state index contributed by atoms with van der Waals surface area (Å²) in [5, 5.41) is 5.68. The number of halogens is 3. The highest BCUT2D eigenvalue weighted by Gasteiger charge is 2.31. The second-order valence-corrected chi connectivity index (χ2v) is 7.87. The third kappa shape index (κ3) is 7.92. The predicted octanol–water partition coefficient (Wildman–Crippen LogP) is 1.98. The molecule has 1 aromatic rings. The number of amides is 2. The van der Waals surface area contributed by atoms with Crippen molar-refractivity contribution in [1.82, 2.24) is 5.32 Å². The van der Waals surface area contributed by atoms with Crippen LogP contribution in [0.25, 0.3) is 0 Å². The van der Waals surface area contributed by atoms with Gasteiger partial charge in [0.2, 0.25) is 0 Å². The maximum absolute atomic E-state index is 12.3. The molecule has 0 heterocycles. The fourth-order valence-electron chi connectivity index (χ4n) is 3.60. The van der Waals surface area contributed by atoms with Crippen LogP contribution in [0.3, 0.4) is 0 Å². The predicted molar refractivity (Wildman–Crippen MR) is 102 cm³/mol. The molecular formula is C20H29F3N3O3+. The van der Waals surface area contributed by atoms with Crippen LogP contribution in [0.1, 0.15) is 33.1 Å². The Hall–Kier alpha value is -2.29. The van der Waals surface area contributed by atoms with E-state index >= 15 is 0 Å². The number of benzene rings is 1. The molecule has 162 valence electrons. The van der Waals surface area contributed by atoms with Crippen LogP contribution < -0.4 is 20.3 Å². The highest BCUT2D eigenvalue weighted by Crippen LogP contribution is 2.29. The number of anilines is 1. The van der Waals surface area contributed by atoms with Crippen molar-refractivity contribution < 1.29 is 32.4 Å². The largest absolute Gasteiger partial charge is 0.573 e. The minimum atomic E-state index is -4.76. The normalized spacial score (nSPS) is 23.2. The van der Waals surface area contributed by atoms with Gasteiger partial charge in [0.1, 0.15) is 5.75 Å². The summed E-state index contributed by atoms with van der Waals surface area (Å²) in [4.78, 5) is 25.1. The first-order valence-electron chi connectivity index (χ1n) is 9.80. The van der Waals surface area contributed by atoms with Crippen LogP contribution in [0.5, 0.6) is 5.75 Å². The van der Waals surface area contributed by atoms with Gasteiger partial charge in [-0.1, -0.05) is 26.7 Å². The molecule has 0 aromatic heterocycles. The van der Waals surface area contributed by atoms with Crippen molar-refractivity contribution in [3.8, 4) is 5.75 Å². The Balaban J connectivity index is 1.76. The Morgan fingerprint density at radius 3 is 2.34 bits per heavy atom. The molecule has 1 saturated carbocycles. The van der Waals surface area contributed by atoms with E-state index < -0.39 is 6.36 Å². The Morgan fingerprint density at radius 1 is 1.10 bits per heavy atom. The van der Waals surface area contributed by atoms with Gasteiger partial charge in [0.15, 0.2) is 13.1 Å². The van der Waals surface area contributed by atoms with Crippen LogP contribution in [0.15, 0.2) is 24.3 Å². The first kappa shape index (κ1) is 23.0. The minimum Gasteiger partial charge on any atom is -0.406 e. The summed E-state index contributed by atoms with van der Waals surface area (Å²) in [5.41, 5.74) is 0.354. The number of quaternary nitrogens is 1. The lowest BCUT2D eigenvalue weighted by Crippen LogP contribution is -3.11. The highest BCUT2D eigenvalue weighted by molar-refractivity contribution is 5.91. The summed E-state index contributed by atoms with van der Waals surface area (Å²) in [6.45, 7) is 4.59. The maximum atomic E-state index is 12.3. The van der Waals surface area contributed by atoms with Crippen molar-refractivity contribution in [2.75, 3.05) is 25.5 Å². The van der Waals surface area contributed by atoms with Gasteiger partial charge >= 0.3 is 6.36 Å². The molecule has 0 saturated heterocycles. The van der Waals surface area contributed by atoms with Crippen molar-refractivity contribution in [1.29, 1.82) is 0 Å². The number of hydrogen-bond acceptors (Lipinski definition) is 3. The Kier molecular flexibility index (Phi) is 7.89. The van der Waals surface area contributed by atoms with Crippen LogP contribution in [0, 0.1) is 11.8 Å². The molecule has 4 atom stereocenters. The molecule has 0 aliphatic heterocycles. The molecule has 2 amide bonds. The zero-order chi connectivity index (χ0) is 21.6. The topological polar surface area (TPSA) is 71.9 Å². The third-order valence-corrected chi connectivity index (χ3v) is 5.35. The number of likely N-dealkylation sites (N-methyl/N-ethyl adjacent to an activating group) is 1. The number of nitrogens with one attached hydrogen (secondary N) is 3. The minimum absolute atomic E-state index is 0.0604. The number of carbonyl (C=O) groups excluding carboxylic acids is 2. The van der Waals surface area contributed by atoms with Crippen molar-refractivity contribution in [2.24, 2.45) is 11.8 Å². The van der Waals surface area contributed by atoms with Crippen LogP contribution >= 0.6 is 0 Å². The lowest BCUT2D eigenvalue weighted by atomic mass is 9.78. The van der Waals surface area contributed by atoms with Crippen molar-refractivity contribution in [2.45, 2.75) is 45.5 Å². The van der Waals surface area contributed by atoms with Gasteiger partial charge in [-0.05, 0) is 42.5 Å². The third-order valence-electron chi connectivity index (χ3n) is 5.35. The molecule has 2 rings (SSSR count). The fourth-order valence-corrected chi connectivity index (χ4v) is 3.60. The number of carbonyl (C=O) groups is 2. The lowest BCUT2D eigenvalue weighted by molar-refractivity contribution is -0.862. The molecule has 29 heavy (non-hydrogen) atoms. The van der Waals surface area contributed by atoms with Crippen LogP contribution in [0.4, 0.5) is 18.9 Å². The van der Waals surface area contributed by atoms with E-state index in [4.69, 9.17) is 0 Å². The molecule has 3 N–H and O–H groups in total. The number of hydrogen-bond donors (Lipinski definition) is 3. The Bertz CT molecular complexity index is 694. The molecule has 1 fully saturated rings. The van der Waals surface area contributed by atoms with Gasteiger partial charge in [-0.2, -0.15) is 0 Å². The molecular weight excluding hydrogens is 387 g/mol. The Morgan fingerprint density at radius 2 is 1.72 bits per heavy atom. The number of rotatable bonds is 7. The molecule has 1 aromatic carbocycles. The zero-order valence-electron chi connectivity index (χ0n) is 16.9. The van der Waals surface area contributed by atoms with Gasteiger partial charge in [-0.15, -0.1) is 13.2 Å². The van der Waals surface area contributed by atoms with Gasteiger partial charge < -0.3 is 20.3 Å². The summed E-state index contributed by atoms with van der Waals surface area (Å²) in [7, 11) is 1.74. The van der Waals surface area contributed by atoms with Crippen LogP contribution in [0.2, 0.25) is 0 Å². The SMILES string of the molecule is C[C@@H]1[C@H](C)CCC[C@H]1NC(=O)C[NH+](C)CC(=O)Nc1ccc(OC(F)(F)F)cc1. The number of ether oxygens (including phenoxy) is 1. The van der Waals surface area contributed by atoms with E-state index in [1.807, 2.05) is 0 Å². The molecule has 9 heteroatoms. The van der Waals surface area contributed by atoms with E-state index in [0.717, 1.165) is 25.0 Å². The summed E-state index contributed by atoms with van der Waals surface area (Å²) in [6.07, 6.45) is -1.49.